The summed E-state index contributed by atoms with van der Waals surface area (Å²) >= 11 is 0. The van der Waals surface area contributed by atoms with Gasteiger partial charge in [0.2, 0.25) is 0 Å². The summed E-state index contributed by atoms with van der Waals surface area (Å²) in [5.74, 6) is 0.684. The van der Waals surface area contributed by atoms with Gasteiger partial charge in [0.25, 0.3) is 5.91 Å². The molecule has 9 nitrogen and oxygen atoms in total. The van der Waals surface area contributed by atoms with Crippen molar-refractivity contribution < 1.29 is 22.8 Å². The number of nitrogens with one attached hydrogen (secondary N) is 4. The number of alkyl halides is 3. The van der Waals surface area contributed by atoms with Crippen LogP contribution in [-0.4, -0.2) is 42.0 Å². The highest BCUT2D eigenvalue weighted by Crippen LogP contribution is 2.36. The smallest absolute Gasteiger partial charge is 0.373 e. The summed E-state index contributed by atoms with van der Waals surface area (Å²) in [4.78, 5) is 36.2. The second-order valence-corrected chi connectivity index (χ2v) is 9.28. The topological polar surface area (TPSA) is 111 Å². The Labute approximate surface area is 224 Å². The molecule has 206 valence electrons. The molecule has 0 atom stereocenters. The zero-order chi connectivity index (χ0) is 28.2. The predicted molar refractivity (Wildman–Crippen MR) is 146 cm³/mol. The Morgan fingerprint density at radius 1 is 0.846 bits per heavy atom. The van der Waals surface area contributed by atoms with Crippen LogP contribution in [0, 0.1) is 13.8 Å². The van der Waals surface area contributed by atoms with E-state index in [1.54, 1.807) is 39.1 Å². The lowest BCUT2D eigenvalue weighted by atomic mass is 10.1. The summed E-state index contributed by atoms with van der Waals surface area (Å²) in [5.41, 5.74) is 1.01. The number of rotatable bonds is 6. The Kier molecular flexibility index (Phi) is 8.22. The molecule has 1 aromatic heterocycles. The van der Waals surface area contributed by atoms with E-state index in [0.717, 1.165) is 31.4 Å². The lowest BCUT2D eigenvalue weighted by Gasteiger charge is -2.31. The summed E-state index contributed by atoms with van der Waals surface area (Å²) < 4.78 is 40.4. The fourth-order valence-electron chi connectivity index (χ4n) is 4.35. The van der Waals surface area contributed by atoms with Crippen molar-refractivity contribution in [2.45, 2.75) is 39.3 Å². The zero-order valence-electron chi connectivity index (χ0n) is 21.9. The van der Waals surface area contributed by atoms with Gasteiger partial charge in [-0.3, -0.25) is 10.1 Å². The van der Waals surface area contributed by atoms with E-state index in [1.165, 1.54) is 12.1 Å². The molecule has 0 saturated carbocycles. The highest BCUT2D eigenvalue weighted by atomic mass is 19.4. The SMILES string of the molecule is CNc1cc(NC(=O)Nc2cc(C(=O)Nc3cc(C(F)(F)F)ccc3N3CCCCC3)ccc2C)nc(C)n1. The second kappa shape index (κ2) is 11.6. The zero-order valence-corrected chi connectivity index (χ0v) is 21.9. The van der Waals surface area contributed by atoms with E-state index >= 15 is 0 Å². The van der Waals surface area contributed by atoms with Crippen LogP contribution < -0.4 is 26.2 Å². The largest absolute Gasteiger partial charge is 0.416 e. The third kappa shape index (κ3) is 6.95. The number of carbonyl (C=O) groups is 2. The first-order valence-electron chi connectivity index (χ1n) is 12.5. The number of aryl methyl sites for hydroxylation is 2. The molecule has 0 unspecified atom stereocenters. The van der Waals surface area contributed by atoms with Crippen LogP contribution in [0.5, 0.6) is 0 Å². The van der Waals surface area contributed by atoms with Crippen molar-refractivity contribution in [2.24, 2.45) is 0 Å². The van der Waals surface area contributed by atoms with E-state index in [4.69, 9.17) is 0 Å². The minimum atomic E-state index is -4.55. The van der Waals surface area contributed by atoms with Gasteiger partial charge < -0.3 is 20.9 Å². The minimum Gasteiger partial charge on any atom is -0.373 e. The molecular formula is C27H30F3N7O2. The monoisotopic (exact) mass is 541 g/mol. The highest BCUT2D eigenvalue weighted by Gasteiger charge is 2.32. The second-order valence-electron chi connectivity index (χ2n) is 9.28. The lowest BCUT2D eigenvalue weighted by molar-refractivity contribution is -0.137. The molecule has 0 aliphatic carbocycles. The van der Waals surface area contributed by atoms with Crippen molar-refractivity contribution in [1.29, 1.82) is 0 Å². The van der Waals surface area contributed by atoms with Gasteiger partial charge in [0.1, 0.15) is 17.5 Å². The molecule has 4 rings (SSSR count). The Bertz CT molecular complexity index is 1370. The number of benzene rings is 2. The molecular weight excluding hydrogens is 511 g/mol. The summed E-state index contributed by atoms with van der Waals surface area (Å²) in [6, 6.07) is 9.06. The highest BCUT2D eigenvalue weighted by molar-refractivity contribution is 6.07. The van der Waals surface area contributed by atoms with Crippen molar-refractivity contribution in [3.8, 4) is 0 Å². The van der Waals surface area contributed by atoms with Crippen molar-refractivity contribution in [3.63, 3.8) is 0 Å². The van der Waals surface area contributed by atoms with E-state index in [2.05, 4.69) is 31.2 Å². The van der Waals surface area contributed by atoms with E-state index in [-0.39, 0.29) is 17.1 Å². The summed E-state index contributed by atoms with van der Waals surface area (Å²) in [6.45, 7) is 4.84. The first kappa shape index (κ1) is 27.7. The number of hydrogen-bond donors (Lipinski definition) is 4. The van der Waals surface area contributed by atoms with Crippen LogP contribution in [0.4, 0.5) is 46.7 Å². The van der Waals surface area contributed by atoms with E-state index in [1.807, 2.05) is 4.90 Å². The van der Waals surface area contributed by atoms with Crippen LogP contribution in [0.15, 0.2) is 42.5 Å². The summed E-state index contributed by atoms with van der Waals surface area (Å²) in [7, 11) is 1.69. The van der Waals surface area contributed by atoms with Gasteiger partial charge in [-0.25, -0.2) is 14.8 Å². The van der Waals surface area contributed by atoms with Crippen LogP contribution in [0.1, 0.15) is 46.6 Å². The Hall–Kier alpha value is -4.35. The first-order chi connectivity index (χ1) is 18.5. The van der Waals surface area contributed by atoms with Crippen LogP contribution in [0.2, 0.25) is 0 Å². The average Bonchev–Trinajstić information content (AvgIpc) is 2.89. The van der Waals surface area contributed by atoms with Crippen LogP contribution in [-0.2, 0) is 6.18 Å². The van der Waals surface area contributed by atoms with Crippen LogP contribution >= 0.6 is 0 Å². The van der Waals surface area contributed by atoms with Crippen LogP contribution in [0.25, 0.3) is 0 Å². The minimum absolute atomic E-state index is 0.0871. The quantitative estimate of drug-likeness (QED) is 0.303. The maximum Gasteiger partial charge on any atom is 0.416 e. The predicted octanol–water partition coefficient (Wildman–Crippen LogP) is 6.04. The number of nitrogens with zero attached hydrogens (tertiary/aromatic N) is 3. The molecule has 1 aliphatic heterocycles. The Morgan fingerprint density at radius 2 is 1.56 bits per heavy atom. The average molecular weight is 542 g/mol. The Morgan fingerprint density at radius 3 is 2.26 bits per heavy atom. The number of piperidine rings is 1. The molecule has 39 heavy (non-hydrogen) atoms. The van der Waals surface area contributed by atoms with Gasteiger partial charge in [-0.1, -0.05) is 6.07 Å². The van der Waals surface area contributed by atoms with E-state index < -0.39 is 23.7 Å². The van der Waals surface area contributed by atoms with Gasteiger partial charge >= 0.3 is 12.2 Å². The molecule has 4 N–H and O–H groups in total. The van der Waals surface area contributed by atoms with Gasteiger partial charge in [-0.05, 0) is 69.0 Å². The molecule has 0 radical (unpaired) electrons. The van der Waals surface area contributed by atoms with Gasteiger partial charge in [0, 0.05) is 37.5 Å². The fourth-order valence-corrected chi connectivity index (χ4v) is 4.35. The molecule has 12 heteroatoms. The van der Waals surface area contributed by atoms with Gasteiger partial charge in [0.05, 0.1) is 16.9 Å². The normalized spacial score (nSPS) is 13.5. The van der Waals surface area contributed by atoms with Gasteiger partial charge in [-0.15, -0.1) is 0 Å². The Balaban J connectivity index is 1.54. The van der Waals surface area contributed by atoms with E-state index in [9.17, 15) is 22.8 Å². The van der Waals surface area contributed by atoms with E-state index in [0.29, 0.717) is 41.7 Å². The molecule has 1 fully saturated rings. The molecule has 1 saturated heterocycles. The van der Waals surface area contributed by atoms with Gasteiger partial charge in [0.15, 0.2) is 0 Å². The first-order valence-corrected chi connectivity index (χ1v) is 12.5. The number of carbonyl (C=O) groups excluding carboxylic acids is 2. The fraction of sp³-hybridized carbons (Fsp3) is 0.333. The summed E-state index contributed by atoms with van der Waals surface area (Å²) in [6.07, 6.45) is -1.65. The molecule has 2 heterocycles. The molecule has 0 bridgehead atoms. The number of amides is 3. The molecule has 3 amide bonds. The maximum atomic E-state index is 13.5. The molecule has 3 aromatic rings. The number of halogens is 3. The molecule has 0 spiro atoms. The van der Waals surface area contributed by atoms with Crippen LogP contribution in [0.3, 0.4) is 0 Å². The maximum absolute atomic E-state index is 13.5. The van der Waals surface area contributed by atoms with Crippen molar-refractivity contribution in [1.82, 2.24) is 9.97 Å². The number of urea groups is 1. The summed E-state index contributed by atoms with van der Waals surface area (Å²) in [5, 5.41) is 10.9. The lowest BCUT2D eigenvalue weighted by Crippen LogP contribution is -2.30. The van der Waals surface area contributed by atoms with Crippen molar-refractivity contribution in [3.05, 3.63) is 65.0 Å². The molecule has 1 aliphatic rings. The number of anilines is 5. The number of aromatic nitrogens is 2. The molecule has 2 aromatic carbocycles. The van der Waals surface area contributed by atoms with Crippen molar-refractivity contribution in [2.75, 3.05) is 46.3 Å². The standard InChI is InChI=1S/C27H30F3N7O2/c1-16-7-8-18(13-20(16)35-26(39)36-24-15-23(31-3)32-17(2)33-24)25(38)34-21-14-19(27(28,29)30)9-10-22(21)37-11-5-4-6-12-37/h7-10,13-15H,4-6,11-12H2,1-3H3,(H,34,38)(H3,31,32,33,35,36,39). The third-order valence-corrected chi connectivity index (χ3v) is 6.35. The van der Waals surface area contributed by atoms with Crippen molar-refractivity contribution >= 4 is 40.6 Å². The van der Waals surface area contributed by atoms with Gasteiger partial charge in [-0.2, -0.15) is 13.2 Å². The third-order valence-electron chi connectivity index (χ3n) is 6.35. The number of hydrogen-bond acceptors (Lipinski definition) is 6.